The van der Waals surface area contributed by atoms with Crippen molar-refractivity contribution in [3.8, 4) is 0 Å². The maximum Gasteiger partial charge on any atom is 0.422 e. The molecule has 2 aromatic rings. The zero-order chi connectivity index (χ0) is 31.2. The predicted octanol–water partition coefficient (Wildman–Crippen LogP) is 2.88. The molecule has 5 N–H and O–H groups in total. The lowest BCUT2D eigenvalue weighted by Crippen LogP contribution is -2.48. The number of nitrogens with two attached hydrogens (primary N) is 1. The van der Waals surface area contributed by atoms with E-state index in [1.807, 2.05) is 48.5 Å². The summed E-state index contributed by atoms with van der Waals surface area (Å²) in [5.74, 6) is 4.23. The number of halogens is 2. The molecule has 0 heterocycles. The van der Waals surface area contributed by atoms with E-state index in [0.29, 0.717) is 6.54 Å². The second-order valence-corrected chi connectivity index (χ2v) is 11.6. The van der Waals surface area contributed by atoms with E-state index in [2.05, 4.69) is 46.8 Å². The number of nitrogens with zero attached hydrogens (tertiary/aromatic N) is 2. The van der Waals surface area contributed by atoms with Crippen LogP contribution in [0.1, 0.15) is 31.9 Å². The van der Waals surface area contributed by atoms with Crippen molar-refractivity contribution in [3.63, 3.8) is 0 Å². The molecule has 0 saturated heterocycles. The molecule has 0 spiro atoms. The number of amides is 1. The van der Waals surface area contributed by atoms with Gasteiger partial charge in [0.05, 0.1) is 27.3 Å². The zero-order valence-electron chi connectivity index (χ0n) is 23.7. The first kappa shape index (κ1) is 36.4. The van der Waals surface area contributed by atoms with E-state index in [1.54, 1.807) is 20.8 Å². The number of ether oxygens (including phenoxy) is 3. The number of aliphatic hydroxyl groups is 2. The number of carbonyl (C=O) groups is 3. The minimum absolute atomic E-state index is 0.0305. The third kappa shape index (κ3) is 15.8. The highest BCUT2D eigenvalue weighted by molar-refractivity contribution is 9.10. The van der Waals surface area contributed by atoms with Crippen LogP contribution < -0.4 is 11.3 Å². The molecule has 14 heteroatoms. The summed E-state index contributed by atoms with van der Waals surface area (Å²) >= 11 is 6.68. The Balaban J connectivity index is 0.000000435. The number of aliphatic hydroxyl groups excluding tert-OH is 2. The van der Waals surface area contributed by atoms with Crippen molar-refractivity contribution in [2.45, 2.75) is 51.7 Å². The molecular formula is C27H38Br2N4O8. The number of esters is 2. The summed E-state index contributed by atoms with van der Waals surface area (Å²) in [6.45, 7) is 5.85. The van der Waals surface area contributed by atoms with Gasteiger partial charge in [0.2, 0.25) is 0 Å². The van der Waals surface area contributed by atoms with Gasteiger partial charge in [-0.2, -0.15) is 0 Å². The monoisotopic (exact) mass is 704 g/mol. The fourth-order valence-electron chi connectivity index (χ4n) is 3.13. The molecule has 12 nitrogen and oxygen atoms in total. The van der Waals surface area contributed by atoms with E-state index in [1.165, 1.54) is 24.2 Å². The highest BCUT2D eigenvalue weighted by Gasteiger charge is 2.23. The number of carbonyl (C=O) groups excluding carboxylic acids is 3. The van der Waals surface area contributed by atoms with Gasteiger partial charge in [-0.25, -0.2) is 24.4 Å². The fraction of sp³-hybridized carbons (Fsp3) is 0.444. The molecule has 0 aliphatic rings. The van der Waals surface area contributed by atoms with Gasteiger partial charge >= 0.3 is 18.0 Å². The van der Waals surface area contributed by atoms with Crippen molar-refractivity contribution in [2.75, 3.05) is 27.3 Å². The van der Waals surface area contributed by atoms with Crippen molar-refractivity contribution in [1.29, 1.82) is 0 Å². The van der Waals surface area contributed by atoms with Crippen LogP contribution in [0.5, 0.6) is 0 Å². The Kier molecular flexibility index (Phi) is 16.0. The van der Waals surface area contributed by atoms with Crippen molar-refractivity contribution < 1.29 is 38.8 Å². The van der Waals surface area contributed by atoms with Gasteiger partial charge in [-0.1, -0.05) is 56.1 Å². The average Bonchev–Trinajstić information content (AvgIpc) is 2.89. The number of benzene rings is 2. The first-order chi connectivity index (χ1) is 19.1. The molecule has 2 aromatic carbocycles. The zero-order valence-corrected chi connectivity index (χ0v) is 26.8. The van der Waals surface area contributed by atoms with Crippen LogP contribution in [-0.4, -0.2) is 83.4 Å². The number of rotatable bonds is 11. The highest BCUT2D eigenvalue weighted by atomic mass is 79.9. The minimum Gasteiger partial charge on any atom is -0.467 e. The second kappa shape index (κ2) is 18.1. The minimum atomic E-state index is -1.39. The Labute approximate surface area is 256 Å². The van der Waals surface area contributed by atoms with Crippen molar-refractivity contribution >= 4 is 49.9 Å². The molecule has 0 aromatic heterocycles. The van der Waals surface area contributed by atoms with Crippen molar-refractivity contribution in [3.05, 3.63) is 68.6 Å². The Morgan fingerprint density at radius 2 is 1.24 bits per heavy atom. The Morgan fingerprint density at radius 3 is 1.66 bits per heavy atom. The lowest BCUT2D eigenvalue weighted by Gasteiger charge is -2.27. The summed E-state index contributed by atoms with van der Waals surface area (Å²) in [6, 6.07) is 15.1. The summed E-state index contributed by atoms with van der Waals surface area (Å²) in [5.41, 5.74) is 3.75. The molecule has 2 rings (SSSR count). The van der Waals surface area contributed by atoms with Crippen LogP contribution in [0.3, 0.4) is 0 Å². The molecule has 0 aliphatic heterocycles. The molecule has 228 valence electrons. The summed E-state index contributed by atoms with van der Waals surface area (Å²) < 4.78 is 16.0. The van der Waals surface area contributed by atoms with Gasteiger partial charge in [-0.3, -0.25) is 11.3 Å². The molecule has 2 atom stereocenters. The molecule has 0 aliphatic carbocycles. The topological polar surface area (TPSA) is 164 Å². The fourth-order valence-corrected chi connectivity index (χ4v) is 3.66. The second-order valence-electron chi connectivity index (χ2n) is 9.75. The quantitative estimate of drug-likeness (QED) is 0.118. The Hall–Kier alpha value is -2.59. The van der Waals surface area contributed by atoms with Gasteiger partial charge in [0.1, 0.15) is 5.60 Å². The van der Waals surface area contributed by atoms with E-state index in [9.17, 15) is 24.6 Å². The predicted molar refractivity (Wildman–Crippen MR) is 159 cm³/mol. The van der Waals surface area contributed by atoms with Crippen molar-refractivity contribution in [1.82, 2.24) is 15.4 Å². The molecule has 41 heavy (non-hydrogen) atoms. The third-order valence-electron chi connectivity index (χ3n) is 4.98. The van der Waals surface area contributed by atoms with E-state index in [4.69, 9.17) is 10.6 Å². The van der Waals surface area contributed by atoms with Gasteiger partial charge in [0.25, 0.3) is 0 Å². The maximum atomic E-state index is 12.0. The molecule has 0 saturated carbocycles. The number of hydrogen-bond donors (Lipinski definition) is 4. The Morgan fingerprint density at radius 1 is 0.829 bits per heavy atom. The Bertz CT molecular complexity index is 1100. The average molecular weight is 706 g/mol. The number of hydrogen-bond acceptors (Lipinski definition) is 11. The molecular weight excluding hydrogens is 668 g/mol. The molecule has 0 bridgehead atoms. The number of nitrogens with one attached hydrogen (secondary N) is 1. The maximum absolute atomic E-state index is 12.0. The summed E-state index contributed by atoms with van der Waals surface area (Å²) in [6.07, 6.45) is -3.28. The van der Waals surface area contributed by atoms with Gasteiger partial charge in [0.15, 0.2) is 12.2 Å². The lowest BCUT2D eigenvalue weighted by molar-refractivity contribution is -0.152. The van der Waals surface area contributed by atoms with E-state index in [-0.39, 0.29) is 19.6 Å². The summed E-state index contributed by atoms with van der Waals surface area (Å²) in [5, 5.41) is 22.0. The van der Waals surface area contributed by atoms with Crippen LogP contribution in [0.4, 0.5) is 4.79 Å². The summed E-state index contributed by atoms with van der Waals surface area (Å²) in [7, 11) is 2.41. The van der Waals surface area contributed by atoms with Crippen LogP contribution in [0.15, 0.2) is 57.5 Å². The van der Waals surface area contributed by atoms with Gasteiger partial charge in [-0.05, 0) is 56.2 Å². The number of hydrazine groups is 2. The third-order valence-corrected chi connectivity index (χ3v) is 6.04. The van der Waals surface area contributed by atoms with Gasteiger partial charge in [0, 0.05) is 22.0 Å². The van der Waals surface area contributed by atoms with E-state index in [0.717, 1.165) is 20.1 Å². The lowest BCUT2D eigenvalue weighted by atomic mass is 10.2. The number of methoxy groups -OCH3 is 2. The smallest absolute Gasteiger partial charge is 0.422 e. The van der Waals surface area contributed by atoms with Crippen molar-refractivity contribution in [2.24, 2.45) is 5.84 Å². The van der Waals surface area contributed by atoms with E-state index < -0.39 is 35.8 Å². The van der Waals surface area contributed by atoms with Crippen LogP contribution in [0, 0.1) is 0 Å². The van der Waals surface area contributed by atoms with Crippen LogP contribution in [-0.2, 0) is 36.9 Å². The van der Waals surface area contributed by atoms with E-state index >= 15 is 0 Å². The SMILES string of the molecule is COC(=O)[C@H](O)CN(Cc1ccc(Br)cc1)NC(=O)OC(C)(C)C.COC(=O)[C@H](O)CN(N)Cc1ccc(Br)cc1. The largest absolute Gasteiger partial charge is 0.467 e. The van der Waals surface area contributed by atoms with Crippen LogP contribution in [0.2, 0.25) is 0 Å². The highest BCUT2D eigenvalue weighted by Crippen LogP contribution is 2.13. The first-order valence-corrected chi connectivity index (χ1v) is 14.0. The molecule has 1 amide bonds. The molecule has 0 radical (unpaired) electrons. The first-order valence-electron chi connectivity index (χ1n) is 12.4. The van der Waals surface area contributed by atoms with Gasteiger partial charge < -0.3 is 24.4 Å². The normalized spacial score (nSPS) is 12.6. The van der Waals surface area contributed by atoms with Crippen LogP contribution in [0.25, 0.3) is 0 Å². The summed E-state index contributed by atoms with van der Waals surface area (Å²) in [4.78, 5) is 34.3. The standard InChI is InChI=1S/C16H23BrN2O5.C11H15BrN2O3/c1-16(2,3)24-15(22)18-19(10-13(20)14(21)23-4)9-11-5-7-12(17)8-6-11;1-17-11(16)10(15)7-14(13)6-8-2-4-9(12)5-3-8/h5-8,13,20H,9-10H2,1-4H3,(H,18,22);2-5,10,15H,6-7,13H2,1H3/t13-;10-/m11/s1. The van der Waals surface area contributed by atoms with Crippen LogP contribution >= 0.6 is 31.9 Å². The molecule has 0 fully saturated rings. The molecule has 0 unspecified atom stereocenters. The van der Waals surface area contributed by atoms with Gasteiger partial charge in [-0.15, -0.1) is 0 Å².